The summed E-state index contributed by atoms with van der Waals surface area (Å²) in [6.45, 7) is 4.14. The highest BCUT2D eigenvalue weighted by Gasteiger charge is 2.63. The van der Waals surface area contributed by atoms with Crippen LogP contribution in [0, 0.1) is 51.0 Å². The lowest BCUT2D eigenvalue weighted by atomic mass is 9.46. The molecule has 1 amide bonds. The molecule has 4 aliphatic rings. The van der Waals surface area contributed by atoms with Gasteiger partial charge in [0.1, 0.15) is 11.6 Å². The second-order valence-corrected chi connectivity index (χ2v) is 13.3. The number of terminal acetylenes is 1. The molecular weight excluding hydrogens is 566 g/mol. The Hall–Kier alpha value is -3.91. The number of methoxy groups -OCH3 is 1. The van der Waals surface area contributed by atoms with Crippen LogP contribution in [0.1, 0.15) is 70.8 Å². The molecule has 4 aliphatic carbocycles. The van der Waals surface area contributed by atoms with E-state index in [1.807, 2.05) is 0 Å². The Morgan fingerprint density at radius 3 is 2.66 bits per heavy atom. The van der Waals surface area contributed by atoms with E-state index in [1.54, 1.807) is 0 Å². The lowest BCUT2D eigenvalue weighted by Gasteiger charge is -2.58. The summed E-state index contributed by atoms with van der Waals surface area (Å²) in [6.07, 6.45) is 15.1. The fourth-order valence-electron chi connectivity index (χ4n) is 8.72. The normalized spacial score (nSPS) is 33.9. The van der Waals surface area contributed by atoms with E-state index >= 15 is 0 Å². The number of nitrogens with one attached hydrogen (secondary N) is 1. The molecule has 7 atom stereocenters. The van der Waals surface area contributed by atoms with Gasteiger partial charge in [-0.15, -0.1) is 6.42 Å². The maximum absolute atomic E-state index is 12.6. The van der Waals surface area contributed by atoms with Crippen molar-refractivity contribution in [1.29, 1.82) is 0 Å². The molecule has 3 N–H and O–H groups in total. The second kappa shape index (κ2) is 11.9. The number of hydrogen-bond acceptors (Lipinski definition) is 9. The molecule has 44 heavy (non-hydrogen) atoms. The molecule has 0 aromatic heterocycles. The first kappa shape index (κ1) is 31.5. The van der Waals surface area contributed by atoms with Crippen LogP contribution in [0.15, 0.2) is 35.0 Å². The number of nitro benzene ring substituents is 1. The third-order valence-electron chi connectivity index (χ3n) is 11.2. The minimum atomic E-state index is -1.12. The maximum Gasteiger partial charge on any atom is 0.328 e. The van der Waals surface area contributed by atoms with Crippen molar-refractivity contribution in [2.75, 3.05) is 13.7 Å². The summed E-state index contributed by atoms with van der Waals surface area (Å²) in [5.74, 6) is 2.41. The van der Waals surface area contributed by atoms with Crippen molar-refractivity contribution in [3.8, 4) is 18.1 Å². The number of ether oxygens (including phenoxy) is 1. The van der Waals surface area contributed by atoms with Gasteiger partial charge in [-0.05, 0) is 92.2 Å². The van der Waals surface area contributed by atoms with Crippen molar-refractivity contribution >= 4 is 23.3 Å². The van der Waals surface area contributed by atoms with Crippen LogP contribution in [0.3, 0.4) is 0 Å². The fraction of sp³-hybridized carbons (Fsp3) is 0.606. The SMILES string of the molecule is C#C[C@@]1(O)CC[C@@H]2[C@@H]3CCC4=C/C(=N/OCC(=O)N[C@@H](Cc5ccc(O)c([N+](=O)[O-])c5)C(=O)OC)CC[C@]4(C)[C@@H]3CC[C@@]21C. The molecular formula is C33H41N3O8. The van der Waals surface area contributed by atoms with Gasteiger partial charge in [0.2, 0.25) is 0 Å². The molecule has 0 bridgehead atoms. The molecule has 1 aromatic carbocycles. The van der Waals surface area contributed by atoms with Crippen LogP contribution in [0.2, 0.25) is 0 Å². The highest BCUT2D eigenvalue weighted by Crippen LogP contribution is 2.67. The molecule has 5 rings (SSSR count). The number of oxime groups is 1. The number of rotatable bonds is 8. The summed E-state index contributed by atoms with van der Waals surface area (Å²) in [6, 6.07) is 2.63. The number of carbonyl (C=O) groups is 2. The van der Waals surface area contributed by atoms with Crippen molar-refractivity contribution < 1.29 is 34.3 Å². The number of hydrogen-bond donors (Lipinski definition) is 3. The molecule has 11 heteroatoms. The Labute approximate surface area is 257 Å². The third kappa shape index (κ3) is 5.45. The number of phenols is 1. The minimum Gasteiger partial charge on any atom is -0.502 e. The molecule has 0 heterocycles. The summed E-state index contributed by atoms with van der Waals surface area (Å²) in [7, 11) is 1.18. The highest BCUT2D eigenvalue weighted by atomic mass is 16.6. The van der Waals surface area contributed by atoms with Gasteiger partial charge in [-0.2, -0.15) is 0 Å². The van der Waals surface area contributed by atoms with Gasteiger partial charge in [0, 0.05) is 17.9 Å². The van der Waals surface area contributed by atoms with Crippen molar-refractivity contribution in [1.82, 2.24) is 5.32 Å². The average molecular weight is 608 g/mol. The number of phenolic OH excluding ortho intramolecular Hbond substituents is 1. The van der Waals surface area contributed by atoms with Crippen LogP contribution in [0.5, 0.6) is 5.75 Å². The molecule has 0 radical (unpaired) electrons. The molecule has 3 fully saturated rings. The van der Waals surface area contributed by atoms with Gasteiger partial charge in [0.25, 0.3) is 5.91 Å². The van der Waals surface area contributed by atoms with Gasteiger partial charge in [0.15, 0.2) is 12.4 Å². The third-order valence-corrected chi connectivity index (χ3v) is 11.2. The zero-order chi connectivity index (χ0) is 31.9. The zero-order valence-corrected chi connectivity index (χ0v) is 25.5. The number of benzene rings is 1. The standard InChI is InChI=1S/C33H41N3O8/c1-5-33(40)15-12-25-23-8-7-21-18-22(10-13-31(21,2)24(23)11-14-32(25,33)3)35-44-19-29(38)34-26(30(39)43-4)16-20-6-9-28(37)27(17-20)36(41)42/h1,6,9,17-18,23-26,37,40H,7-8,10-16,19H2,2-4H3,(H,34,38)/b35-22+/t23-,24-,25-,26+,31+,32+,33-/m1/s1. The van der Waals surface area contributed by atoms with Crippen LogP contribution in [-0.2, 0) is 25.6 Å². The molecule has 3 saturated carbocycles. The van der Waals surface area contributed by atoms with E-state index in [-0.39, 0.29) is 17.3 Å². The molecule has 236 valence electrons. The van der Waals surface area contributed by atoms with Gasteiger partial charge in [0.05, 0.1) is 17.7 Å². The van der Waals surface area contributed by atoms with E-state index in [1.165, 1.54) is 18.7 Å². The van der Waals surface area contributed by atoms with Gasteiger partial charge in [-0.3, -0.25) is 14.9 Å². The quantitative estimate of drug-likeness (QED) is 0.172. The first-order valence-corrected chi connectivity index (χ1v) is 15.3. The second-order valence-electron chi connectivity index (χ2n) is 13.3. The van der Waals surface area contributed by atoms with Crippen LogP contribution in [-0.4, -0.2) is 58.1 Å². The Morgan fingerprint density at radius 2 is 1.95 bits per heavy atom. The number of aromatic hydroxyl groups is 1. The van der Waals surface area contributed by atoms with Crippen molar-refractivity contribution in [3.63, 3.8) is 0 Å². The van der Waals surface area contributed by atoms with Gasteiger partial charge < -0.3 is 25.1 Å². The fourth-order valence-corrected chi connectivity index (χ4v) is 8.72. The number of nitro groups is 1. The van der Waals surface area contributed by atoms with Gasteiger partial charge >= 0.3 is 11.7 Å². The Morgan fingerprint density at radius 1 is 1.20 bits per heavy atom. The average Bonchev–Trinajstić information content (AvgIpc) is 3.27. The summed E-state index contributed by atoms with van der Waals surface area (Å²) in [4.78, 5) is 40.8. The summed E-state index contributed by atoms with van der Waals surface area (Å²) in [5.41, 5.74) is 0.796. The minimum absolute atomic E-state index is 0.0501. The lowest BCUT2D eigenvalue weighted by molar-refractivity contribution is -0.385. The smallest absolute Gasteiger partial charge is 0.328 e. The van der Waals surface area contributed by atoms with E-state index in [9.17, 15) is 29.9 Å². The van der Waals surface area contributed by atoms with Crippen LogP contribution >= 0.6 is 0 Å². The van der Waals surface area contributed by atoms with E-state index in [4.69, 9.17) is 16.0 Å². The molecule has 0 unspecified atom stereocenters. The Balaban J connectivity index is 1.20. The number of aliphatic hydroxyl groups is 1. The van der Waals surface area contributed by atoms with Crippen molar-refractivity contribution in [2.24, 2.45) is 33.7 Å². The predicted octanol–water partition coefficient (Wildman–Crippen LogP) is 4.20. The summed E-state index contributed by atoms with van der Waals surface area (Å²) in [5, 5.41) is 38.9. The zero-order valence-electron chi connectivity index (χ0n) is 25.5. The molecule has 0 saturated heterocycles. The van der Waals surface area contributed by atoms with E-state index in [0.717, 1.165) is 56.4 Å². The number of amides is 1. The predicted molar refractivity (Wildman–Crippen MR) is 161 cm³/mol. The van der Waals surface area contributed by atoms with Crippen LogP contribution in [0.4, 0.5) is 5.69 Å². The Bertz CT molecular complexity index is 1450. The highest BCUT2D eigenvalue weighted by molar-refractivity contribution is 5.96. The number of nitrogens with zero attached hydrogens (tertiary/aromatic N) is 2. The van der Waals surface area contributed by atoms with Gasteiger partial charge in [-0.25, -0.2) is 4.79 Å². The van der Waals surface area contributed by atoms with Crippen LogP contribution < -0.4 is 5.32 Å². The molecule has 1 aromatic rings. The Kier molecular flexibility index (Phi) is 8.51. The van der Waals surface area contributed by atoms with E-state index in [0.29, 0.717) is 36.2 Å². The van der Waals surface area contributed by atoms with Gasteiger partial charge in [-0.1, -0.05) is 36.6 Å². The monoisotopic (exact) mass is 607 g/mol. The first-order chi connectivity index (χ1) is 20.8. The number of allylic oxidation sites excluding steroid dienone is 2. The summed E-state index contributed by atoms with van der Waals surface area (Å²) >= 11 is 0. The number of fused-ring (bicyclic) bond motifs is 5. The van der Waals surface area contributed by atoms with E-state index < -0.39 is 46.5 Å². The molecule has 0 spiro atoms. The van der Waals surface area contributed by atoms with Crippen molar-refractivity contribution in [3.05, 3.63) is 45.5 Å². The lowest BCUT2D eigenvalue weighted by Crippen LogP contribution is -2.54. The van der Waals surface area contributed by atoms with E-state index in [2.05, 4.69) is 36.3 Å². The van der Waals surface area contributed by atoms with Crippen LogP contribution in [0.25, 0.3) is 0 Å². The topological polar surface area (TPSA) is 161 Å². The summed E-state index contributed by atoms with van der Waals surface area (Å²) < 4.78 is 4.79. The number of carbonyl (C=O) groups excluding carboxylic acids is 2. The van der Waals surface area contributed by atoms with Crippen molar-refractivity contribution in [2.45, 2.75) is 83.3 Å². The largest absolute Gasteiger partial charge is 0.502 e. The maximum atomic E-state index is 12.6. The molecule has 0 aliphatic heterocycles. The first-order valence-electron chi connectivity index (χ1n) is 15.3. The molecule has 11 nitrogen and oxygen atoms in total. The number of esters is 1.